The van der Waals surface area contributed by atoms with Gasteiger partial charge in [-0.15, -0.1) is 0 Å². The first-order valence-corrected chi connectivity index (χ1v) is 7.79. The van der Waals surface area contributed by atoms with E-state index in [0.29, 0.717) is 12.2 Å². The molecule has 0 saturated carbocycles. The summed E-state index contributed by atoms with van der Waals surface area (Å²) in [5.74, 6) is 0. The van der Waals surface area contributed by atoms with Gasteiger partial charge in [-0.3, -0.25) is 4.90 Å². The highest BCUT2D eigenvalue weighted by atomic mass is 79.9. The average molecular weight is 306 g/mol. The molecule has 0 amide bonds. The molecule has 4 heteroatoms. The summed E-state index contributed by atoms with van der Waals surface area (Å²) in [5.41, 5.74) is -0.0206. The molecule has 0 N–H and O–H groups in total. The maximum atomic E-state index is 6.01. The molecule has 100 valence electrons. The summed E-state index contributed by atoms with van der Waals surface area (Å²) in [6.45, 7) is 8.54. The Bertz CT molecular complexity index is 242. The van der Waals surface area contributed by atoms with Gasteiger partial charge in [0.15, 0.2) is 0 Å². The largest absolute Gasteiger partial charge is 0.378 e. The van der Waals surface area contributed by atoms with E-state index in [0.717, 1.165) is 31.6 Å². The molecule has 0 spiro atoms. The molecule has 2 aliphatic heterocycles. The van der Waals surface area contributed by atoms with Gasteiger partial charge < -0.3 is 9.47 Å². The fourth-order valence-corrected chi connectivity index (χ4v) is 3.20. The van der Waals surface area contributed by atoms with Crippen molar-refractivity contribution >= 4 is 15.9 Å². The standard InChI is InChI=1S/C13H24BrNO2/c1-13(2)10-15(9-12(8-14)17-13)6-5-11-4-3-7-16-11/h11-12H,3-10H2,1-2H3. The lowest BCUT2D eigenvalue weighted by atomic mass is 10.0. The van der Waals surface area contributed by atoms with E-state index in [2.05, 4.69) is 34.7 Å². The number of halogens is 1. The molecule has 0 aromatic carbocycles. The molecule has 0 aliphatic carbocycles. The monoisotopic (exact) mass is 305 g/mol. The molecule has 2 aliphatic rings. The maximum absolute atomic E-state index is 6.01. The second-order valence-corrected chi connectivity index (χ2v) is 6.46. The van der Waals surface area contributed by atoms with E-state index in [9.17, 15) is 0 Å². The number of hydrogen-bond donors (Lipinski definition) is 0. The van der Waals surface area contributed by atoms with E-state index >= 15 is 0 Å². The summed E-state index contributed by atoms with van der Waals surface area (Å²) in [5, 5.41) is 0.923. The van der Waals surface area contributed by atoms with Crippen LogP contribution in [0.25, 0.3) is 0 Å². The zero-order chi connectivity index (χ0) is 12.3. The molecule has 2 saturated heterocycles. The van der Waals surface area contributed by atoms with Crippen LogP contribution in [0.2, 0.25) is 0 Å². The minimum absolute atomic E-state index is 0.0206. The van der Waals surface area contributed by atoms with Crippen molar-refractivity contribution in [2.75, 3.05) is 31.6 Å². The van der Waals surface area contributed by atoms with Gasteiger partial charge in [0, 0.05) is 31.6 Å². The minimum Gasteiger partial charge on any atom is -0.378 e. The third-order valence-corrected chi connectivity index (χ3v) is 4.24. The summed E-state index contributed by atoms with van der Waals surface area (Å²) in [6.07, 6.45) is 4.48. The van der Waals surface area contributed by atoms with Crippen molar-refractivity contribution in [3.63, 3.8) is 0 Å². The van der Waals surface area contributed by atoms with Gasteiger partial charge in [-0.05, 0) is 33.1 Å². The normalized spacial score (nSPS) is 34.1. The van der Waals surface area contributed by atoms with Crippen molar-refractivity contribution in [3.05, 3.63) is 0 Å². The van der Waals surface area contributed by atoms with Crippen LogP contribution in [-0.2, 0) is 9.47 Å². The summed E-state index contributed by atoms with van der Waals surface area (Å²) in [7, 11) is 0. The number of rotatable bonds is 4. The Balaban J connectivity index is 1.78. The molecule has 2 atom stereocenters. The van der Waals surface area contributed by atoms with Crippen LogP contribution in [0.4, 0.5) is 0 Å². The fraction of sp³-hybridized carbons (Fsp3) is 1.00. The molecule has 0 radical (unpaired) electrons. The second-order valence-electron chi connectivity index (χ2n) is 5.81. The van der Waals surface area contributed by atoms with Crippen LogP contribution < -0.4 is 0 Å². The number of ether oxygens (including phenoxy) is 2. The Morgan fingerprint density at radius 2 is 2.18 bits per heavy atom. The summed E-state index contributed by atoms with van der Waals surface area (Å²) in [6, 6.07) is 0. The highest BCUT2D eigenvalue weighted by Gasteiger charge is 2.33. The number of alkyl halides is 1. The molecule has 2 unspecified atom stereocenters. The predicted molar refractivity (Wildman–Crippen MR) is 72.8 cm³/mol. The lowest BCUT2D eigenvalue weighted by Crippen LogP contribution is -2.53. The van der Waals surface area contributed by atoms with Gasteiger partial charge in [-0.2, -0.15) is 0 Å². The lowest BCUT2D eigenvalue weighted by Gasteiger charge is -2.42. The van der Waals surface area contributed by atoms with Crippen LogP contribution in [-0.4, -0.2) is 54.3 Å². The average Bonchev–Trinajstić information content (AvgIpc) is 2.77. The van der Waals surface area contributed by atoms with Crippen LogP contribution in [0.5, 0.6) is 0 Å². The molecule has 0 aromatic heterocycles. The summed E-state index contributed by atoms with van der Waals surface area (Å²) >= 11 is 3.53. The van der Waals surface area contributed by atoms with Gasteiger partial charge in [0.05, 0.1) is 17.8 Å². The van der Waals surface area contributed by atoms with Crippen molar-refractivity contribution in [2.24, 2.45) is 0 Å². The van der Waals surface area contributed by atoms with Crippen LogP contribution >= 0.6 is 15.9 Å². The molecule has 2 fully saturated rings. The molecule has 3 nitrogen and oxygen atoms in total. The molecular weight excluding hydrogens is 282 g/mol. The Morgan fingerprint density at radius 3 is 2.82 bits per heavy atom. The molecule has 0 bridgehead atoms. The third-order valence-electron chi connectivity index (χ3n) is 3.52. The maximum Gasteiger partial charge on any atom is 0.0806 e. The molecule has 0 aromatic rings. The Hall–Kier alpha value is 0.360. The first-order chi connectivity index (χ1) is 8.09. The number of morpholine rings is 1. The Morgan fingerprint density at radius 1 is 1.35 bits per heavy atom. The molecule has 2 rings (SSSR count). The van der Waals surface area contributed by atoms with Crippen LogP contribution in [0.1, 0.15) is 33.1 Å². The highest BCUT2D eigenvalue weighted by molar-refractivity contribution is 9.09. The predicted octanol–water partition coefficient (Wildman–Crippen LogP) is 2.43. The van der Waals surface area contributed by atoms with E-state index in [1.165, 1.54) is 19.3 Å². The van der Waals surface area contributed by atoms with Gasteiger partial charge in [0.1, 0.15) is 0 Å². The Kier molecular flexibility index (Phi) is 4.87. The van der Waals surface area contributed by atoms with Gasteiger partial charge in [0.2, 0.25) is 0 Å². The van der Waals surface area contributed by atoms with Crippen LogP contribution in [0.3, 0.4) is 0 Å². The van der Waals surface area contributed by atoms with Gasteiger partial charge in [-0.25, -0.2) is 0 Å². The first kappa shape index (κ1) is 13.8. The zero-order valence-corrected chi connectivity index (χ0v) is 12.5. The van der Waals surface area contributed by atoms with Crippen molar-refractivity contribution in [1.29, 1.82) is 0 Å². The number of hydrogen-bond acceptors (Lipinski definition) is 3. The SMILES string of the molecule is CC1(C)CN(CCC2CCCO2)CC(CBr)O1. The quantitative estimate of drug-likeness (QED) is 0.745. The van der Waals surface area contributed by atoms with E-state index < -0.39 is 0 Å². The Labute approximate surface area is 113 Å². The fourth-order valence-electron chi connectivity index (χ4n) is 2.87. The number of nitrogens with zero attached hydrogens (tertiary/aromatic N) is 1. The van der Waals surface area contributed by atoms with E-state index in [1.54, 1.807) is 0 Å². The molecule has 2 heterocycles. The van der Waals surface area contributed by atoms with Crippen molar-refractivity contribution < 1.29 is 9.47 Å². The van der Waals surface area contributed by atoms with Crippen molar-refractivity contribution in [2.45, 2.75) is 50.9 Å². The minimum atomic E-state index is -0.0206. The van der Waals surface area contributed by atoms with Crippen molar-refractivity contribution in [1.82, 2.24) is 4.90 Å². The second kappa shape index (κ2) is 6.00. The van der Waals surface area contributed by atoms with Crippen LogP contribution in [0, 0.1) is 0 Å². The summed E-state index contributed by atoms with van der Waals surface area (Å²) < 4.78 is 11.7. The third kappa shape index (κ3) is 4.19. The van der Waals surface area contributed by atoms with Gasteiger partial charge in [0.25, 0.3) is 0 Å². The molecule has 17 heavy (non-hydrogen) atoms. The van der Waals surface area contributed by atoms with Gasteiger partial charge in [-0.1, -0.05) is 15.9 Å². The van der Waals surface area contributed by atoms with Gasteiger partial charge >= 0.3 is 0 Å². The van der Waals surface area contributed by atoms with Crippen molar-refractivity contribution in [3.8, 4) is 0 Å². The van der Waals surface area contributed by atoms with Crippen LogP contribution in [0.15, 0.2) is 0 Å². The summed E-state index contributed by atoms with van der Waals surface area (Å²) in [4.78, 5) is 2.52. The van der Waals surface area contributed by atoms with E-state index in [-0.39, 0.29) is 5.60 Å². The molecular formula is C13H24BrNO2. The lowest BCUT2D eigenvalue weighted by molar-refractivity contribution is -0.127. The van der Waals surface area contributed by atoms with E-state index in [4.69, 9.17) is 9.47 Å². The topological polar surface area (TPSA) is 21.7 Å². The first-order valence-electron chi connectivity index (χ1n) is 6.67. The zero-order valence-electron chi connectivity index (χ0n) is 11.0. The van der Waals surface area contributed by atoms with E-state index in [1.807, 2.05) is 0 Å². The highest BCUT2D eigenvalue weighted by Crippen LogP contribution is 2.23. The smallest absolute Gasteiger partial charge is 0.0806 e.